The molecule has 2 rings (SSSR count). The molecule has 0 unspecified atom stereocenters. The predicted molar refractivity (Wildman–Crippen MR) is 80.9 cm³/mol. The van der Waals surface area contributed by atoms with Gasteiger partial charge in [-0.25, -0.2) is 8.42 Å². The molecule has 6 nitrogen and oxygen atoms in total. The molecule has 0 aliphatic heterocycles. The van der Waals surface area contributed by atoms with Gasteiger partial charge in [0.1, 0.15) is 11.5 Å². The van der Waals surface area contributed by atoms with E-state index >= 15 is 0 Å². The van der Waals surface area contributed by atoms with Crippen LogP contribution in [0.4, 0.5) is 11.4 Å². The molecule has 0 spiro atoms. The number of hydrogen-bond donors (Lipinski definition) is 3. The van der Waals surface area contributed by atoms with E-state index < -0.39 is 10.0 Å². The van der Waals surface area contributed by atoms with Crippen LogP contribution in [-0.2, 0) is 10.0 Å². The molecule has 7 heteroatoms. The molecular formula is C14H16N2O4S. The van der Waals surface area contributed by atoms with Crippen molar-refractivity contribution in [3.8, 4) is 11.5 Å². The van der Waals surface area contributed by atoms with Gasteiger partial charge in [0.2, 0.25) is 0 Å². The molecule has 4 N–H and O–H groups in total. The summed E-state index contributed by atoms with van der Waals surface area (Å²) < 4.78 is 32.5. The third-order valence-electron chi connectivity index (χ3n) is 2.74. The topological polar surface area (TPSA) is 102 Å². The lowest BCUT2D eigenvalue weighted by molar-refractivity contribution is 0.342. The van der Waals surface area contributed by atoms with E-state index in [1.54, 1.807) is 24.3 Å². The quantitative estimate of drug-likeness (QED) is 0.580. The summed E-state index contributed by atoms with van der Waals surface area (Å²) in [4.78, 5) is -0.0379. The van der Waals surface area contributed by atoms with Crippen molar-refractivity contribution in [2.45, 2.75) is 11.8 Å². The summed E-state index contributed by atoms with van der Waals surface area (Å²) in [5.41, 5.74) is 5.86. The predicted octanol–water partition coefficient (Wildman–Crippen LogP) is 2.17. The molecule has 112 valence electrons. The lowest BCUT2D eigenvalue weighted by atomic mass is 10.3. The number of nitrogens with one attached hydrogen (secondary N) is 1. The fourth-order valence-electron chi connectivity index (χ4n) is 1.74. The van der Waals surface area contributed by atoms with Crippen molar-refractivity contribution in [2.24, 2.45) is 0 Å². The van der Waals surface area contributed by atoms with Crippen molar-refractivity contribution in [3.05, 3.63) is 42.5 Å². The zero-order chi connectivity index (χ0) is 15.5. The first kappa shape index (κ1) is 15.0. The van der Waals surface area contributed by atoms with Crippen molar-refractivity contribution < 1.29 is 18.3 Å². The normalized spacial score (nSPS) is 11.1. The summed E-state index contributed by atoms with van der Waals surface area (Å²) in [6.45, 7) is 2.23. The molecule has 0 fully saturated rings. The Morgan fingerprint density at radius 3 is 2.62 bits per heavy atom. The number of rotatable bonds is 5. The van der Waals surface area contributed by atoms with Crippen LogP contribution < -0.4 is 15.2 Å². The van der Waals surface area contributed by atoms with Gasteiger partial charge in [-0.15, -0.1) is 0 Å². The van der Waals surface area contributed by atoms with Gasteiger partial charge in [-0.3, -0.25) is 4.72 Å². The van der Waals surface area contributed by atoms with Crippen LogP contribution in [0.25, 0.3) is 0 Å². The summed E-state index contributed by atoms with van der Waals surface area (Å²) >= 11 is 0. The summed E-state index contributed by atoms with van der Waals surface area (Å²) in [6.07, 6.45) is 0. The van der Waals surface area contributed by atoms with E-state index in [-0.39, 0.29) is 16.3 Å². The van der Waals surface area contributed by atoms with Crippen LogP contribution >= 0.6 is 0 Å². The third-order valence-corrected chi connectivity index (χ3v) is 4.10. The Bertz CT molecular complexity index is 744. The highest BCUT2D eigenvalue weighted by molar-refractivity contribution is 7.92. The molecule has 0 atom stereocenters. The number of benzene rings is 2. The van der Waals surface area contributed by atoms with Gasteiger partial charge in [-0.2, -0.15) is 0 Å². The summed E-state index contributed by atoms with van der Waals surface area (Å²) in [5, 5.41) is 9.35. The molecule has 0 aliphatic carbocycles. The van der Waals surface area contributed by atoms with Gasteiger partial charge in [-0.1, -0.05) is 12.1 Å². The van der Waals surface area contributed by atoms with Crippen LogP contribution in [-0.4, -0.2) is 20.1 Å². The Morgan fingerprint density at radius 2 is 1.95 bits per heavy atom. The number of hydrogen-bond acceptors (Lipinski definition) is 5. The van der Waals surface area contributed by atoms with E-state index in [9.17, 15) is 13.5 Å². The van der Waals surface area contributed by atoms with Gasteiger partial charge in [0, 0.05) is 0 Å². The summed E-state index contributed by atoms with van der Waals surface area (Å²) in [7, 11) is -3.81. The van der Waals surface area contributed by atoms with Crippen LogP contribution in [0.5, 0.6) is 11.5 Å². The van der Waals surface area contributed by atoms with Crippen LogP contribution in [0.15, 0.2) is 47.4 Å². The first-order valence-corrected chi connectivity index (χ1v) is 7.75. The second-order valence-corrected chi connectivity index (χ2v) is 5.94. The van der Waals surface area contributed by atoms with Crippen LogP contribution in [0.1, 0.15) is 6.92 Å². The summed E-state index contributed by atoms with van der Waals surface area (Å²) in [5.74, 6) is 0.277. The van der Waals surface area contributed by atoms with Crippen molar-refractivity contribution in [1.29, 1.82) is 0 Å². The minimum atomic E-state index is -3.81. The zero-order valence-corrected chi connectivity index (χ0v) is 12.2. The van der Waals surface area contributed by atoms with E-state index in [1.165, 1.54) is 18.2 Å². The standard InChI is InChI=1S/C14H16N2O4S/c1-2-20-14-6-4-3-5-12(14)16-21(18,19)10-7-8-13(17)11(15)9-10/h3-9,16-17H,2,15H2,1H3. The number of nitrogen functional groups attached to an aromatic ring is 1. The minimum absolute atomic E-state index is 0.00373. The van der Waals surface area contributed by atoms with E-state index in [1.807, 2.05) is 6.92 Å². The lowest BCUT2D eigenvalue weighted by Crippen LogP contribution is -2.14. The maximum absolute atomic E-state index is 12.3. The van der Waals surface area contributed by atoms with Crippen molar-refractivity contribution in [2.75, 3.05) is 17.1 Å². The number of aromatic hydroxyl groups is 1. The van der Waals surface area contributed by atoms with Crippen LogP contribution in [0.2, 0.25) is 0 Å². The molecule has 0 amide bonds. The van der Waals surface area contributed by atoms with E-state index in [4.69, 9.17) is 10.5 Å². The van der Waals surface area contributed by atoms with E-state index in [0.717, 1.165) is 0 Å². The molecule has 0 bridgehead atoms. The first-order valence-electron chi connectivity index (χ1n) is 6.27. The van der Waals surface area contributed by atoms with Crippen molar-refractivity contribution in [3.63, 3.8) is 0 Å². The lowest BCUT2D eigenvalue weighted by Gasteiger charge is -2.13. The fourth-order valence-corrected chi connectivity index (χ4v) is 2.84. The molecule has 0 radical (unpaired) electrons. The van der Waals surface area contributed by atoms with Crippen molar-refractivity contribution in [1.82, 2.24) is 0 Å². The minimum Gasteiger partial charge on any atom is -0.506 e. The molecule has 0 heterocycles. The molecule has 2 aromatic carbocycles. The number of sulfonamides is 1. The third kappa shape index (κ3) is 3.38. The molecular weight excluding hydrogens is 292 g/mol. The van der Waals surface area contributed by atoms with Crippen LogP contribution in [0, 0.1) is 0 Å². The number of para-hydroxylation sites is 2. The highest BCUT2D eigenvalue weighted by Crippen LogP contribution is 2.28. The average molecular weight is 308 g/mol. The van der Waals surface area contributed by atoms with Gasteiger partial charge in [-0.05, 0) is 37.3 Å². The molecule has 0 aromatic heterocycles. The Hall–Kier alpha value is -2.41. The maximum Gasteiger partial charge on any atom is 0.262 e. The molecule has 0 aliphatic rings. The zero-order valence-electron chi connectivity index (χ0n) is 11.4. The molecule has 0 saturated heterocycles. The van der Waals surface area contributed by atoms with Crippen LogP contribution in [0.3, 0.4) is 0 Å². The summed E-state index contributed by atoms with van der Waals surface area (Å²) in [6, 6.07) is 10.4. The van der Waals surface area contributed by atoms with E-state index in [0.29, 0.717) is 18.0 Å². The fraction of sp³-hybridized carbons (Fsp3) is 0.143. The first-order chi connectivity index (χ1) is 9.94. The van der Waals surface area contributed by atoms with Gasteiger partial charge in [0.25, 0.3) is 10.0 Å². The van der Waals surface area contributed by atoms with Gasteiger partial charge < -0.3 is 15.6 Å². The number of ether oxygens (including phenoxy) is 1. The number of phenols is 1. The highest BCUT2D eigenvalue weighted by atomic mass is 32.2. The van der Waals surface area contributed by atoms with Gasteiger partial charge in [0.05, 0.1) is 22.9 Å². The number of nitrogens with two attached hydrogens (primary N) is 1. The molecule has 2 aromatic rings. The van der Waals surface area contributed by atoms with Crippen molar-refractivity contribution >= 4 is 21.4 Å². The highest BCUT2D eigenvalue weighted by Gasteiger charge is 2.17. The van der Waals surface area contributed by atoms with Gasteiger partial charge in [0.15, 0.2) is 0 Å². The second kappa shape index (κ2) is 5.92. The Labute approximate surface area is 123 Å². The van der Waals surface area contributed by atoms with Gasteiger partial charge >= 0.3 is 0 Å². The second-order valence-electron chi connectivity index (χ2n) is 4.26. The Morgan fingerprint density at radius 1 is 1.24 bits per heavy atom. The average Bonchev–Trinajstić information content (AvgIpc) is 2.44. The SMILES string of the molecule is CCOc1ccccc1NS(=O)(=O)c1ccc(O)c(N)c1. The van der Waals surface area contributed by atoms with E-state index in [2.05, 4.69) is 4.72 Å². The Kier molecular flexibility index (Phi) is 4.23. The smallest absolute Gasteiger partial charge is 0.262 e. The number of phenolic OH excluding ortho intramolecular Hbond substituents is 1. The molecule has 21 heavy (non-hydrogen) atoms. The Balaban J connectivity index is 2.35. The largest absolute Gasteiger partial charge is 0.506 e. The number of anilines is 2. The molecule has 0 saturated carbocycles. The monoisotopic (exact) mass is 308 g/mol. The maximum atomic E-state index is 12.3.